The molecule has 0 amide bonds. The lowest BCUT2D eigenvalue weighted by atomic mass is 10.1. The minimum atomic E-state index is -0.110. The van der Waals surface area contributed by atoms with Crippen LogP contribution >= 0.6 is 0 Å². The van der Waals surface area contributed by atoms with Gasteiger partial charge < -0.3 is 10.1 Å². The molecule has 4 heteroatoms. The summed E-state index contributed by atoms with van der Waals surface area (Å²) in [6.45, 7) is 5.98. The second kappa shape index (κ2) is 6.98. The smallest absolute Gasteiger partial charge is 0.127 e. The van der Waals surface area contributed by atoms with E-state index in [0.717, 1.165) is 43.9 Å². The van der Waals surface area contributed by atoms with E-state index in [1.807, 2.05) is 19.2 Å². The first-order valence-corrected chi connectivity index (χ1v) is 6.98. The largest absolute Gasteiger partial charge is 0.378 e. The molecule has 2 rings (SSSR count). The lowest BCUT2D eigenvalue weighted by molar-refractivity contribution is -0.0131. The predicted molar refractivity (Wildman–Crippen MR) is 74.5 cm³/mol. The molecule has 19 heavy (non-hydrogen) atoms. The van der Waals surface area contributed by atoms with Gasteiger partial charge >= 0.3 is 0 Å². The van der Waals surface area contributed by atoms with Crippen molar-refractivity contribution >= 4 is 0 Å². The Morgan fingerprint density at radius 3 is 3.05 bits per heavy atom. The fourth-order valence-corrected chi connectivity index (χ4v) is 2.56. The normalized spacial score (nSPS) is 20.7. The van der Waals surface area contributed by atoms with Crippen LogP contribution in [0.15, 0.2) is 18.2 Å². The summed E-state index contributed by atoms with van der Waals surface area (Å²) in [4.78, 5) is 2.32. The number of halogens is 1. The summed E-state index contributed by atoms with van der Waals surface area (Å²) < 4.78 is 19.4. The zero-order valence-corrected chi connectivity index (χ0v) is 11.8. The molecule has 106 valence electrons. The molecule has 1 N–H and O–H groups in total. The predicted octanol–water partition coefficient (Wildman–Crippen LogP) is 2.16. The molecule has 0 saturated carbocycles. The minimum absolute atomic E-state index is 0.110. The van der Waals surface area contributed by atoms with Gasteiger partial charge in [-0.25, -0.2) is 4.39 Å². The Bertz CT molecular complexity index is 411. The molecule has 1 fully saturated rings. The summed E-state index contributed by atoms with van der Waals surface area (Å²) in [5.41, 5.74) is 1.91. The molecular weight excluding hydrogens is 243 g/mol. The number of hydrogen-bond donors (Lipinski definition) is 1. The van der Waals surface area contributed by atoms with Crippen molar-refractivity contribution in [2.45, 2.75) is 32.5 Å². The van der Waals surface area contributed by atoms with Crippen molar-refractivity contribution in [1.82, 2.24) is 10.2 Å². The van der Waals surface area contributed by atoms with Crippen LogP contribution in [0.3, 0.4) is 0 Å². The van der Waals surface area contributed by atoms with Crippen molar-refractivity contribution < 1.29 is 9.13 Å². The fourth-order valence-electron chi connectivity index (χ4n) is 2.56. The Hall–Kier alpha value is -0.970. The number of nitrogens with one attached hydrogen (secondary N) is 1. The Morgan fingerprint density at radius 2 is 2.32 bits per heavy atom. The van der Waals surface area contributed by atoms with Gasteiger partial charge in [-0.2, -0.15) is 0 Å². The molecule has 1 heterocycles. The van der Waals surface area contributed by atoms with Crippen LogP contribution in [0.5, 0.6) is 0 Å². The SMILES string of the molecule is CCC1COCCN1Cc1cc(CNC)ccc1F. The summed E-state index contributed by atoms with van der Waals surface area (Å²) in [7, 11) is 1.90. The van der Waals surface area contributed by atoms with E-state index in [2.05, 4.69) is 17.1 Å². The van der Waals surface area contributed by atoms with E-state index in [9.17, 15) is 4.39 Å². The molecule has 1 unspecified atom stereocenters. The van der Waals surface area contributed by atoms with Gasteiger partial charge in [-0.05, 0) is 25.1 Å². The first kappa shape index (κ1) is 14.4. The number of morpholine rings is 1. The average Bonchev–Trinajstić information content (AvgIpc) is 2.43. The number of hydrogen-bond acceptors (Lipinski definition) is 3. The van der Waals surface area contributed by atoms with Crippen molar-refractivity contribution in [2.24, 2.45) is 0 Å². The number of rotatable bonds is 5. The van der Waals surface area contributed by atoms with Gasteiger partial charge in [0.1, 0.15) is 5.82 Å². The maximum atomic E-state index is 13.9. The third-order valence-electron chi connectivity index (χ3n) is 3.69. The van der Waals surface area contributed by atoms with Crippen LogP contribution in [0, 0.1) is 5.82 Å². The zero-order chi connectivity index (χ0) is 13.7. The van der Waals surface area contributed by atoms with Crippen molar-refractivity contribution in [3.63, 3.8) is 0 Å². The second-order valence-electron chi connectivity index (χ2n) is 5.06. The van der Waals surface area contributed by atoms with E-state index in [4.69, 9.17) is 4.74 Å². The summed E-state index contributed by atoms with van der Waals surface area (Å²) in [5.74, 6) is -0.110. The van der Waals surface area contributed by atoms with Gasteiger partial charge in [-0.15, -0.1) is 0 Å². The molecule has 0 aromatic heterocycles. The van der Waals surface area contributed by atoms with Crippen molar-refractivity contribution in [2.75, 3.05) is 26.8 Å². The van der Waals surface area contributed by atoms with Crippen LogP contribution in [0.25, 0.3) is 0 Å². The summed E-state index contributed by atoms with van der Waals surface area (Å²) >= 11 is 0. The monoisotopic (exact) mass is 266 g/mol. The second-order valence-corrected chi connectivity index (χ2v) is 5.06. The molecule has 1 aromatic rings. The Kier molecular flexibility index (Phi) is 5.31. The van der Waals surface area contributed by atoms with Gasteiger partial charge in [-0.3, -0.25) is 4.90 Å². The van der Waals surface area contributed by atoms with Gasteiger partial charge in [0.15, 0.2) is 0 Å². The van der Waals surface area contributed by atoms with Crippen LogP contribution in [-0.4, -0.2) is 37.7 Å². The molecule has 0 radical (unpaired) electrons. The highest BCUT2D eigenvalue weighted by molar-refractivity contribution is 5.25. The third kappa shape index (κ3) is 3.75. The minimum Gasteiger partial charge on any atom is -0.378 e. The maximum Gasteiger partial charge on any atom is 0.127 e. The van der Waals surface area contributed by atoms with E-state index in [1.54, 1.807) is 6.07 Å². The van der Waals surface area contributed by atoms with Gasteiger partial charge in [0.25, 0.3) is 0 Å². The lowest BCUT2D eigenvalue weighted by Gasteiger charge is -2.35. The molecule has 0 bridgehead atoms. The highest BCUT2D eigenvalue weighted by Gasteiger charge is 2.22. The molecule has 1 saturated heterocycles. The molecule has 1 aromatic carbocycles. The first-order chi connectivity index (χ1) is 9.24. The highest BCUT2D eigenvalue weighted by Crippen LogP contribution is 2.18. The average molecular weight is 266 g/mol. The lowest BCUT2D eigenvalue weighted by Crippen LogP contribution is -2.44. The Morgan fingerprint density at radius 1 is 1.47 bits per heavy atom. The summed E-state index contributed by atoms with van der Waals surface area (Å²) in [5, 5.41) is 3.10. The molecule has 0 aliphatic carbocycles. The fraction of sp³-hybridized carbons (Fsp3) is 0.600. The number of nitrogens with zero attached hydrogens (tertiary/aromatic N) is 1. The standard InChI is InChI=1S/C15H23FN2O/c1-3-14-11-19-7-6-18(14)10-13-8-12(9-17-2)4-5-15(13)16/h4-5,8,14,17H,3,6-7,9-11H2,1-2H3. The molecule has 1 aliphatic rings. The highest BCUT2D eigenvalue weighted by atomic mass is 19.1. The number of ether oxygens (including phenoxy) is 1. The summed E-state index contributed by atoms with van der Waals surface area (Å²) in [6, 6.07) is 5.78. The van der Waals surface area contributed by atoms with Crippen LogP contribution in [-0.2, 0) is 17.8 Å². The van der Waals surface area contributed by atoms with E-state index in [-0.39, 0.29) is 5.82 Å². The molecule has 1 aliphatic heterocycles. The van der Waals surface area contributed by atoms with Crippen molar-refractivity contribution in [3.8, 4) is 0 Å². The quantitative estimate of drug-likeness (QED) is 0.884. The van der Waals surface area contributed by atoms with E-state index >= 15 is 0 Å². The third-order valence-corrected chi connectivity index (χ3v) is 3.69. The van der Waals surface area contributed by atoms with Crippen LogP contribution in [0.1, 0.15) is 24.5 Å². The Labute approximate surface area is 114 Å². The molecular formula is C15H23FN2O. The molecule has 0 spiro atoms. The molecule has 1 atom stereocenters. The van der Waals surface area contributed by atoms with Gasteiger partial charge in [0, 0.05) is 31.2 Å². The van der Waals surface area contributed by atoms with Gasteiger partial charge in [0.2, 0.25) is 0 Å². The first-order valence-electron chi connectivity index (χ1n) is 6.98. The van der Waals surface area contributed by atoms with Crippen molar-refractivity contribution in [1.29, 1.82) is 0 Å². The van der Waals surface area contributed by atoms with Crippen LogP contribution in [0.2, 0.25) is 0 Å². The van der Waals surface area contributed by atoms with Crippen LogP contribution in [0.4, 0.5) is 4.39 Å². The maximum absolute atomic E-state index is 13.9. The number of benzene rings is 1. The van der Waals surface area contributed by atoms with Gasteiger partial charge in [-0.1, -0.05) is 19.1 Å². The van der Waals surface area contributed by atoms with Crippen molar-refractivity contribution in [3.05, 3.63) is 35.1 Å². The van der Waals surface area contributed by atoms with Crippen LogP contribution < -0.4 is 5.32 Å². The van der Waals surface area contributed by atoms with E-state index < -0.39 is 0 Å². The topological polar surface area (TPSA) is 24.5 Å². The Balaban J connectivity index is 2.10. The van der Waals surface area contributed by atoms with Gasteiger partial charge in [0.05, 0.1) is 13.2 Å². The van der Waals surface area contributed by atoms with E-state index in [0.29, 0.717) is 12.6 Å². The summed E-state index contributed by atoms with van der Waals surface area (Å²) in [6.07, 6.45) is 1.04. The molecule has 3 nitrogen and oxygen atoms in total. The zero-order valence-electron chi connectivity index (χ0n) is 11.8. The van der Waals surface area contributed by atoms with E-state index in [1.165, 1.54) is 0 Å².